The number of amidine groups is 1. The molecule has 23 heavy (non-hydrogen) atoms. The highest BCUT2D eigenvalue weighted by Gasteiger charge is 2.27. The van der Waals surface area contributed by atoms with Gasteiger partial charge in [0.05, 0.1) is 12.2 Å². The van der Waals surface area contributed by atoms with Crippen LogP contribution in [0.4, 0.5) is 11.4 Å². The Morgan fingerprint density at radius 3 is 2.43 bits per heavy atom. The minimum absolute atomic E-state index is 0.0377. The average molecular weight is 343 g/mol. The van der Waals surface area contributed by atoms with Gasteiger partial charge in [-0.25, -0.2) is 0 Å². The first-order valence-corrected chi connectivity index (χ1v) is 8.52. The molecule has 4 nitrogen and oxygen atoms in total. The van der Waals surface area contributed by atoms with Crippen LogP contribution in [0, 0.1) is 0 Å². The molecule has 0 aliphatic carbocycles. The van der Waals surface area contributed by atoms with Gasteiger partial charge < -0.3 is 10.1 Å². The number of ether oxygens (including phenoxy) is 1. The second-order valence-corrected chi connectivity index (χ2v) is 6.39. The number of nitrogens with zero attached hydrogens (tertiary/aromatic N) is 2. The van der Waals surface area contributed by atoms with Gasteiger partial charge in [-0.1, -0.05) is 48.2 Å². The van der Waals surface area contributed by atoms with Gasteiger partial charge in [0.15, 0.2) is 10.3 Å². The van der Waals surface area contributed by atoms with E-state index in [4.69, 9.17) is 17.0 Å². The van der Waals surface area contributed by atoms with E-state index >= 15 is 0 Å². The average Bonchev–Trinajstić information content (AvgIpc) is 3.05. The molecule has 0 fully saturated rings. The van der Waals surface area contributed by atoms with E-state index in [9.17, 15) is 0 Å². The summed E-state index contributed by atoms with van der Waals surface area (Å²) in [6, 6.07) is 19.9. The molecule has 0 spiro atoms. The van der Waals surface area contributed by atoms with Crippen molar-refractivity contribution in [3.8, 4) is 0 Å². The SMILES string of the molecule is COC1CN=C(N(C(=S)Nc2ccccc2)c2ccccc2)S1. The highest BCUT2D eigenvalue weighted by atomic mass is 32.2. The second kappa shape index (κ2) is 7.59. The second-order valence-electron chi connectivity index (χ2n) is 4.87. The first-order chi connectivity index (χ1) is 11.3. The smallest absolute Gasteiger partial charge is 0.184 e. The van der Waals surface area contributed by atoms with Gasteiger partial charge in [0.1, 0.15) is 5.44 Å². The Kier molecular flexibility index (Phi) is 5.27. The monoisotopic (exact) mass is 343 g/mol. The van der Waals surface area contributed by atoms with E-state index in [-0.39, 0.29) is 5.44 Å². The molecule has 6 heteroatoms. The lowest BCUT2D eigenvalue weighted by Crippen LogP contribution is -2.38. The van der Waals surface area contributed by atoms with Crippen LogP contribution in [0.25, 0.3) is 0 Å². The number of thioether (sulfide) groups is 1. The summed E-state index contributed by atoms with van der Waals surface area (Å²) in [4.78, 5) is 6.53. The highest BCUT2D eigenvalue weighted by Crippen LogP contribution is 2.28. The van der Waals surface area contributed by atoms with Crippen LogP contribution in [0.15, 0.2) is 65.7 Å². The zero-order valence-electron chi connectivity index (χ0n) is 12.7. The number of anilines is 2. The van der Waals surface area contributed by atoms with Crippen LogP contribution in [0.1, 0.15) is 0 Å². The first kappa shape index (κ1) is 16.0. The minimum Gasteiger partial charge on any atom is -0.368 e. The maximum atomic E-state index is 5.63. The van der Waals surface area contributed by atoms with Gasteiger partial charge in [-0.15, -0.1) is 0 Å². The van der Waals surface area contributed by atoms with Crippen molar-refractivity contribution in [2.24, 2.45) is 4.99 Å². The summed E-state index contributed by atoms with van der Waals surface area (Å²) in [5, 5.41) is 4.70. The van der Waals surface area contributed by atoms with E-state index in [1.807, 2.05) is 65.6 Å². The molecular weight excluding hydrogens is 326 g/mol. The third-order valence-corrected chi connectivity index (χ3v) is 4.72. The van der Waals surface area contributed by atoms with E-state index in [1.165, 1.54) is 0 Å². The third-order valence-electron chi connectivity index (χ3n) is 3.31. The van der Waals surface area contributed by atoms with Crippen molar-refractivity contribution in [2.45, 2.75) is 5.44 Å². The van der Waals surface area contributed by atoms with Crippen LogP contribution in [-0.4, -0.2) is 29.4 Å². The molecule has 1 aliphatic rings. The summed E-state index contributed by atoms with van der Waals surface area (Å²) >= 11 is 7.21. The molecule has 0 bridgehead atoms. The van der Waals surface area contributed by atoms with Crippen LogP contribution >= 0.6 is 24.0 Å². The molecule has 1 aliphatic heterocycles. The summed E-state index contributed by atoms with van der Waals surface area (Å²) in [5.74, 6) is 0. The number of aliphatic imine (C=N–C) groups is 1. The topological polar surface area (TPSA) is 36.9 Å². The number of methoxy groups -OCH3 is 1. The highest BCUT2D eigenvalue weighted by molar-refractivity contribution is 8.15. The molecule has 0 aromatic heterocycles. The van der Waals surface area contributed by atoms with Gasteiger partial charge >= 0.3 is 0 Å². The maximum Gasteiger partial charge on any atom is 0.184 e. The van der Waals surface area contributed by atoms with Crippen LogP contribution in [0.3, 0.4) is 0 Å². The Labute approximate surface area is 145 Å². The van der Waals surface area contributed by atoms with Crippen molar-refractivity contribution in [2.75, 3.05) is 23.9 Å². The molecule has 1 N–H and O–H groups in total. The Morgan fingerprint density at radius 1 is 1.17 bits per heavy atom. The number of rotatable bonds is 3. The number of nitrogens with one attached hydrogen (secondary N) is 1. The molecule has 2 aromatic carbocycles. The first-order valence-electron chi connectivity index (χ1n) is 7.23. The molecule has 1 atom stereocenters. The van der Waals surface area contributed by atoms with Gasteiger partial charge in [-0.3, -0.25) is 9.89 Å². The number of thiocarbonyl (C=S) groups is 1. The number of benzene rings is 2. The lowest BCUT2D eigenvalue weighted by Gasteiger charge is -2.25. The molecule has 0 amide bonds. The van der Waals surface area contributed by atoms with E-state index in [2.05, 4.69) is 10.3 Å². The maximum absolute atomic E-state index is 5.63. The fourth-order valence-electron chi connectivity index (χ4n) is 2.18. The zero-order chi connectivity index (χ0) is 16.1. The molecule has 0 saturated carbocycles. The van der Waals surface area contributed by atoms with Crippen molar-refractivity contribution >= 4 is 45.6 Å². The molecule has 0 radical (unpaired) electrons. The van der Waals surface area contributed by atoms with Crippen LogP contribution in [0.5, 0.6) is 0 Å². The number of para-hydroxylation sites is 2. The van der Waals surface area contributed by atoms with Crippen molar-refractivity contribution in [3.05, 3.63) is 60.7 Å². The predicted molar refractivity (Wildman–Crippen MR) is 102 cm³/mol. The normalized spacial score (nSPS) is 16.7. The standard InChI is InChI=1S/C17H17N3OS2/c1-21-15-12-18-17(23-15)20(14-10-6-3-7-11-14)16(22)19-13-8-4-2-5-9-13/h2-11,15H,12H2,1H3,(H,19,22). The number of hydrogen-bond acceptors (Lipinski definition) is 4. The molecule has 1 heterocycles. The fraction of sp³-hybridized carbons (Fsp3) is 0.176. The summed E-state index contributed by atoms with van der Waals surface area (Å²) in [6.07, 6.45) is 0. The van der Waals surface area contributed by atoms with Crippen molar-refractivity contribution in [3.63, 3.8) is 0 Å². The van der Waals surface area contributed by atoms with Gasteiger partial charge in [0.25, 0.3) is 0 Å². The molecule has 1 unspecified atom stereocenters. The summed E-state index contributed by atoms with van der Waals surface area (Å²) in [6.45, 7) is 0.633. The Bertz CT molecular complexity index is 691. The molecular formula is C17H17N3OS2. The Hall–Kier alpha value is -1.89. The Morgan fingerprint density at radius 2 is 1.83 bits per heavy atom. The largest absolute Gasteiger partial charge is 0.368 e. The van der Waals surface area contributed by atoms with E-state index in [0.717, 1.165) is 16.5 Å². The van der Waals surface area contributed by atoms with E-state index < -0.39 is 0 Å². The quantitative estimate of drug-likeness (QED) is 0.854. The van der Waals surface area contributed by atoms with Crippen LogP contribution in [-0.2, 0) is 4.74 Å². The van der Waals surface area contributed by atoms with Gasteiger partial charge in [0, 0.05) is 12.8 Å². The zero-order valence-corrected chi connectivity index (χ0v) is 14.3. The van der Waals surface area contributed by atoms with Crippen molar-refractivity contribution in [1.29, 1.82) is 0 Å². The van der Waals surface area contributed by atoms with Gasteiger partial charge in [-0.05, 0) is 36.5 Å². The molecule has 2 aromatic rings. The lowest BCUT2D eigenvalue weighted by molar-refractivity contribution is 0.182. The molecule has 0 saturated heterocycles. The lowest BCUT2D eigenvalue weighted by atomic mass is 10.3. The summed E-state index contributed by atoms with van der Waals surface area (Å²) in [5.41, 5.74) is 1.96. The van der Waals surface area contributed by atoms with Gasteiger partial charge in [0.2, 0.25) is 0 Å². The van der Waals surface area contributed by atoms with E-state index in [1.54, 1.807) is 18.9 Å². The summed E-state index contributed by atoms with van der Waals surface area (Å²) < 4.78 is 5.38. The third kappa shape index (κ3) is 3.90. The van der Waals surface area contributed by atoms with E-state index in [0.29, 0.717) is 11.7 Å². The fourth-order valence-corrected chi connectivity index (χ4v) is 3.48. The predicted octanol–water partition coefficient (Wildman–Crippen LogP) is 3.97. The molecule has 118 valence electrons. The minimum atomic E-state index is 0.0377. The molecule has 3 rings (SSSR count). The number of hydrogen-bond donors (Lipinski definition) is 1. The van der Waals surface area contributed by atoms with Crippen LogP contribution in [0.2, 0.25) is 0 Å². The Balaban J connectivity index is 1.85. The van der Waals surface area contributed by atoms with Gasteiger partial charge in [-0.2, -0.15) is 0 Å². The summed E-state index contributed by atoms with van der Waals surface area (Å²) in [7, 11) is 1.70. The van der Waals surface area contributed by atoms with Crippen molar-refractivity contribution in [1.82, 2.24) is 0 Å². The van der Waals surface area contributed by atoms with Crippen molar-refractivity contribution < 1.29 is 4.74 Å². The van der Waals surface area contributed by atoms with Crippen LogP contribution < -0.4 is 10.2 Å².